The summed E-state index contributed by atoms with van der Waals surface area (Å²) in [6.45, 7) is 3.17. The summed E-state index contributed by atoms with van der Waals surface area (Å²) in [6, 6.07) is 0.179. The summed E-state index contributed by atoms with van der Waals surface area (Å²) in [7, 11) is 1.37. The van der Waals surface area contributed by atoms with Gasteiger partial charge in [-0.25, -0.2) is 4.98 Å². The number of nitro groups is 1. The van der Waals surface area contributed by atoms with Crippen molar-refractivity contribution in [3.8, 4) is 5.88 Å². The zero-order chi connectivity index (χ0) is 15.4. The Morgan fingerprint density at radius 2 is 2.29 bits per heavy atom. The van der Waals surface area contributed by atoms with Crippen molar-refractivity contribution in [1.82, 2.24) is 9.97 Å². The van der Waals surface area contributed by atoms with E-state index in [-0.39, 0.29) is 17.6 Å². The molecule has 2 atom stereocenters. The third-order valence-electron chi connectivity index (χ3n) is 4.08. The molecule has 0 amide bonds. The number of hydrogen-bond donors (Lipinski definition) is 1. The average Bonchev–Trinajstić information content (AvgIpc) is 2.95. The van der Waals surface area contributed by atoms with Crippen molar-refractivity contribution in [1.29, 1.82) is 0 Å². The Labute approximate surface area is 123 Å². The van der Waals surface area contributed by atoms with Crippen molar-refractivity contribution < 1.29 is 9.66 Å². The highest BCUT2D eigenvalue weighted by atomic mass is 16.6. The highest BCUT2D eigenvalue weighted by Crippen LogP contribution is 2.38. The molecule has 1 saturated carbocycles. The molecule has 116 valence electrons. The predicted octanol–water partition coefficient (Wildman–Crippen LogP) is 1.35. The van der Waals surface area contributed by atoms with Crippen LogP contribution in [0.2, 0.25) is 0 Å². The van der Waals surface area contributed by atoms with E-state index in [1.807, 2.05) is 11.8 Å². The van der Waals surface area contributed by atoms with Crippen molar-refractivity contribution in [3.05, 3.63) is 16.4 Å². The second-order valence-corrected chi connectivity index (χ2v) is 5.09. The van der Waals surface area contributed by atoms with E-state index in [0.29, 0.717) is 24.8 Å². The van der Waals surface area contributed by atoms with Gasteiger partial charge in [-0.05, 0) is 32.2 Å². The van der Waals surface area contributed by atoms with Crippen molar-refractivity contribution in [2.24, 2.45) is 11.7 Å². The molecule has 8 heteroatoms. The van der Waals surface area contributed by atoms with Crippen LogP contribution in [0.4, 0.5) is 11.5 Å². The standard InChI is InChI=1S/C13H21N5O3/c1-3-17(10-6-4-5-9(10)7-14)12-11(18(19)20)13(21-2)16-8-15-12/h8-10H,3-7,14H2,1-2H3. The molecule has 0 bridgehead atoms. The molecule has 0 aromatic carbocycles. The van der Waals surface area contributed by atoms with E-state index in [4.69, 9.17) is 10.5 Å². The Bertz CT molecular complexity index is 511. The Morgan fingerprint density at radius 3 is 2.86 bits per heavy atom. The predicted molar refractivity (Wildman–Crippen MR) is 78.4 cm³/mol. The summed E-state index contributed by atoms with van der Waals surface area (Å²) < 4.78 is 5.01. The Hall–Kier alpha value is -1.96. The van der Waals surface area contributed by atoms with Gasteiger partial charge < -0.3 is 15.4 Å². The molecule has 2 rings (SSSR count). The van der Waals surface area contributed by atoms with E-state index in [2.05, 4.69) is 9.97 Å². The van der Waals surface area contributed by atoms with Crippen LogP contribution in [-0.4, -0.2) is 41.1 Å². The van der Waals surface area contributed by atoms with Gasteiger partial charge in [0.2, 0.25) is 5.82 Å². The molecular weight excluding hydrogens is 274 g/mol. The summed E-state index contributed by atoms with van der Waals surface area (Å²) in [5.41, 5.74) is 5.65. The first-order valence-electron chi connectivity index (χ1n) is 7.14. The Morgan fingerprint density at radius 1 is 1.52 bits per heavy atom. The van der Waals surface area contributed by atoms with Gasteiger partial charge in [0.25, 0.3) is 5.88 Å². The monoisotopic (exact) mass is 295 g/mol. The van der Waals surface area contributed by atoms with Gasteiger partial charge in [0, 0.05) is 12.6 Å². The molecular formula is C13H21N5O3. The fraction of sp³-hybridized carbons (Fsp3) is 0.692. The first-order valence-corrected chi connectivity index (χ1v) is 7.14. The van der Waals surface area contributed by atoms with Crippen molar-refractivity contribution in [2.45, 2.75) is 32.2 Å². The van der Waals surface area contributed by atoms with Crippen LogP contribution >= 0.6 is 0 Å². The largest absolute Gasteiger partial charge is 0.476 e. The van der Waals surface area contributed by atoms with Crippen molar-refractivity contribution in [3.63, 3.8) is 0 Å². The highest BCUT2D eigenvalue weighted by Gasteiger charge is 2.36. The third kappa shape index (κ3) is 2.90. The number of hydrogen-bond acceptors (Lipinski definition) is 7. The van der Waals surface area contributed by atoms with E-state index in [1.54, 1.807) is 0 Å². The normalized spacial score (nSPS) is 21.3. The molecule has 2 unspecified atom stereocenters. The molecule has 0 spiro atoms. The molecule has 1 fully saturated rings. The fourth-order valence-electron chi connectivity index (χ4n) is 3.12. The zero-order valence-corrected chi connectivity index (χ0v) is 12.4. The number of nitrogens with zero attached hydrogens (tertiary/aromatic N) is 4. The summed E-state index contributed by atoms with van der Waals surface area (Å²) >= 11 is 0. The SMILES string of the molecule is CCN(c1ncnc(OC)c1[N+](=O)[O-])C1CCCC1CN. The van der Waals surface area contributed by atoms with E-state index in [1.165, 1.54) is 13.4 Å². The molecule has 0 radical (unpaired) electrons. The lowest BCUT2D eigenvalue weighted by molar-refractivity contribution is -0.385. The number of aromatic nitrogens is 2. The molecule has 21 heavy (non-hydrogen) atoms. The second-order valence-electron chi connectivity index (χ2n) is 5.09. The van der Waals surface area contributed by atoms with Crippen LogP contribution in [0.15, 0.2) is 6.33 Å². The van der Waals surface area contributed by atoms with Gasteiger partial charge in [0.1, 0.15) is 6.33 Å². The maximum atomic E-state index is 11.4. The Kier molecular flexibility index (Phi) is 4.89. The zero-order valence-electron chi connectivity index (χ0n) is 12.4. The first kappa shape index (κ1) is 15.4. The summed E-state index contributed by atoms with van der Waals surface area (Å²) in [5, 5.41) is 11.4. The third-order valence-corrected chi connectivity index (χ3v) is 4.08. The number of nitrogens with two attached hydrogens (primary N) is 1. The van der Waals surface area contributed by atoms with Crippen LogP contribution in [-0.2, 0) is 0 Å². The van der Waals surface area contributed by atoms with Gasteiger partial charge in [-0.2, -0.15) is 4.98 Å². The van der Waals surface area contributed by atoms with Crippen LogP contribution in [0, 0.1) is 16.0 Å². The number of rotatable bonds is 6. The average molecular weight is 295 g/mol. The van der Waals surface area contributed by atoms with Crippen LogP contribution in [0.1, 0.15) is 26.2 Å². The quantitative estimate of drug-likeness (QED) is 0.623. The maximum absolute atomic E-state index is 11.4. The molecule has 0 aliphatic heterocycles. The molecule has 0 saturated heterocycles. The Balaban J connectivity index is 2.45. The van der Waals surface area contributed by atoms with Crippen molar-refractivity contribution in [2.75, 3.05) is 25.1 Å². The highest BCUT2D eigenvalue weighted by molar-refractivity contribution is 5.63. The van der Waals surface area contributed by atoms with Gasteiger partial charge in [-0.15, -0.1) is 0 Å². The van der Waals surface area contributed by atoms with E-state index < -0.39 is 4.92 Å². The minimum absolute atomic E-state index is 0.00857. The topological polar surface area (TPSA) is 107 Å². The van der Waals surface area contributed by atoms with Crippen LogP contribution in [0.3, 0.4) is 0 Å². The first-order chi connectivity index (χ1) is 10.1. The molecule has 1 aromatic heterocycles. The number of ether oxygens (including phenoxy) is 1. The van der Waals surface area contributed by atoms with Crippen molar-refractivity contribution >= 4 is 11.5 Å². The molecule has 1 aliphatic carbocycles. The van der Waals surface area contributed by atoms with Crippen LogP contribution in [0.5, 0.6) is 5.88 Å². The molecule has 1 aromatic rings. The van der Waals surface area contributed by atoms with Gasteiger partial charge in [-0.1, -0.05) is 6.42 Å². The van der Waals surface area contributed by atoms with Gasteiger partial charge in [-0.3, -0.25) is 10.1 Å². The van der Waals surface area contributed by atoms with Crippen LogP contribution in [0.25, 0.3) is 0 Å². The summed E-state index contributed by atoms with van der Waals surface area (Å²) in [6.07, 6.45) is 4.40. The maximum Gasteiger partial charge on any atom is 0.372 e. The van der Waals surface area contributed by atoms with Gasteiger partial charge in [0.15, 0.2) is 0 Å². The smallest absolute Gasteiger partial charge is 0.372 e. The molecule has 1 aliphatic rings. The lowest BCUT2D eigenvalue weighted by Crippen LogP contribution is -2.41. The molecule has 8 nitrogen and oxygen atoms in total. The number of anilines is 1. The second kappa shape index (κ2) is 6.66. The summed E-state index contributed by atoms with van der Waals surface area (Å²) in [4.78, 5) is 20.8. The minimum atomic E-state index is -0.483. The van der Waals surface area contributed by atoms with Crippen LogP contribution < -0.4 is 15.4 Å². The van der Waals surface area contributed by atoms with Gasteiger partial charge >= 0.3 is 5.69 Å². The molecule has 2 N–H and O–H groups in total. The lowest BCUT2D eigenvalue weighted by Gasteiger charge is -2.32. The lowest BCUT2D eigenvalue weighted by atomic mass is 10.0. The number of methoxy groups -OCH3 is 1. The van der Waals surface area contributed by atoms with E-state index >= 15 is 0 Å². The van der Waals surface area contributed by atoms with E-state index in [9.17, 15) is 10.1 Å². The minimum Gasteiger partial charge on any atom is -0.476 e. The molecule has 1 heterocycles. The fourth-order valence-corrected chi connectivity index (χ4v) is 3.12. The summed E-state index contributed by atoms with van der Waals surface area (Å²) in [5.74, 6) is 0.649. The van der Waals surface area contributed by atoms with Gasteiger partial charge in [0.05, 0.1) is 12.0 Å². The van der Waals surface area contributed by atoms with E-state index in [0.717, 1.165) is 19.3 Å².